The van der Waals surface area contributed by atoms with Crippen LogP contribution in [0.4, 0.5) is 36.4 Å². The maximum Gasteiger partial charge on any atom is 0.490 e. The van der Waals surface area contributed by atoms with Crippen LogP contribution >= 0.6 is 0 Å². The molecule has 3 heterocycles. The van der Waals surface area contributed by atoms with E-state index in [-0.39, 0.29) is 11.4 Å². The van der Waals surface area contributed by atoms with E-state index in [0.29, 0.717) is 25.7 Å². The van der Waals surface area contributed by atoms with E-state index in [9.17, 15) is 30.7 Å². The molecule has 2 atom stereocenters. The van der Waals surface area contributed by atoms with Crippen LogP contribution < -0.4 is 5.32 Å². The number of hydrogen-bond acceptors (Lipinski definition) is 7. The molecule has 1 spiro atoms. The van der Waals surface area contributed by atoms with Gasteiger partial charge in [0, 0.05) is 44.0 Å². The molecule has 2 saturated heterocycles. The smallest absolute Gasteiger partial charge is 0.475 e. The van der Waals surface area contributed by atoms with Crippen LogP contribution in [0.3, 0.4) is 0 Å². The number of halogens is 7. The van der Waals surface area contributed by atoms with Crippen molar-refractivity contribution < 1.29 is 60.0 Å². The Balaban J connectivity index is 0.000000349. The molecule has 2 aliphatic heterocycles. The number of pyridine rings is 1. The first-order valence-corrected chi connectivity index (χ1v) is 12.0. The van der Waals surface area contributed by atoms with Gasteiger partial charge in [0.05, 0.1) is 25.5 Å². The summed E-state index contributed by atoms with van der Waals surface area (Å²) in [6, 6.07) is 12.6. The van der Waals surface area contributed by atoms with Crippen LogP contribution in [0, 0.1) is 11.7 Å². The van der Waals surface area contributed by atoms with Crippen LogP contribution in [0.5, 0.6) is 0 Å². The number of anilines is 1. The lowest BCUT2D eigenvalue weighted by molar-refractivity contribution is -0.193. The molecule has 2 aliphatic rings. The molecule has 0 aliphatic carbocycles. The number of carboxylic acid groups (broad SMARTS) is 2. The second kappa shape index (κ2) is 14.9. The van der Waals surface area contributed by atoms with Crippen molar-refractivity contribution in [3.05, 3.63) is 60.2 Å². The monoisotopic (exact) mass is 599 g/mol. The standard InChI is InChI=1S/C21H26FN3O2.2C2HF3O2/c22-18-4-3-6-19(10-18)24-12-17-11-21(27-14-17)15-25(8-9-26-16-21)13-20-5-1-2-7-23-20;2*3-2(4,5)1(6)7/h1-7,10,17,24H,8-9,11-16H2;2*(H,6,7). The summed E-state index contributed by atoms with van der Waals surface area (Å²) >= 11 is 0. The summed E-state index contributed by atoms with van der Waals surface area (Å²) in [5.41, 5.74) is 1.61. The quantitative estimate of drug-likeness (QED) is 0.434. The minimum absolute atomic E-state index is 0.221. The lowest BCUT2D eigenvalue weighted by Gasteiger charge is -2.31. The first-order valence-electron chi connectivity index (χ1n) is 12.0. The molecular weight excluding hydrogens is 571 g/mol. The number of aliphatic carboxylic acids is 2. The van der Waals surface area contributed by atoms with Crippen LogP contribution in [-0.2, 0) is 25.6 Å². The first-order chi connectivity index (χ1) is 19.1. The van der Waals surface area contributed by atoms with Crippen LogP contribution in [0.1, 0.15) is 12.1 Å². The van der Waals surface area contributed by atoms with Gasteiger partial charge in [0.25, 0.3) is 0 Å². The van der Waals surface area contributed by atoms with Crippen molar-refractivity contribution >= 4 is 17.6 Å². The summed E-state index contributed by atoms with van der Waals surface area (Å²) in [7, 11) is 0. The van der Waals surface area contributed by atoms with Crippen molar-refractivity contribution in [1.82, 2.24) is 9.88 Å². The molecule has 228 valence electrons. The zero-order valence-corrected chi connectivity index (χ0v) is 21.4. The van der Waals surface area contributed by atoms with Gasteiger partial charge in [0.1, 0.15) is 11.4 Å². The zero-order valence-electron chi connectivity index (χ0n) is 21.4. The molecule has 2 aromatic rings. The van der Waals surface area contributed by atoms with Gasteiger partial charge < -0.3 is 25.0 Å². The molecule has 9 nitrogen and oxygen atoms in total. The van der Waals surface area contributed by atoms with Crippen molar-refractivity contribution in [1.29, 1.82) is 0 Å². The molecule has 3 N–H and O–H groups in total. The highest BCUT2D eigenvalue weighted by molar-refractivity contribution is 5.73. The number of nitrogens with one attached hydrogen (secondary N) is 1. The van der Waals surface area contributed by atoms with Gasteiger partial charge in [0.15, 0.2) is 0 Å². The number of carboxylic acids is 2. The molecule has 0 amide bonds. The fourth-order valence-electron chi connectivity index (χ4n) is 3.98. The first kappa shape index (κ1) is 33.7. The van der Waals surface area contributed by atoms with Gasteiger partial charge in [-0.2, -0.15) is 26.3 Å². The van der Waals surface area contributed by atoms with Gasteiger partial charge in [-0.05, 0) is 36.8 Å². The fraction of sp³-hybridized carbons (Fsp3) is 0.480. The topological polar surface area (TPSA) is 121 Å². The Kier molecular flexibility index (Phi) is 12.3. The number of hydrogen-bond donors (Lipinski definition) is 3. The van der Waals surface area contributed by atoms with Gasteiger partial charge in [-0.1, -0.05) is 12.1 Å². The number of aromatic nitrogens is 1. The summed E-state index contributed by atoms with van der Waals surface area (Å²) in [6.45, 7) is 5.34. The van der Waals surface area contributed by atoms with Crippen LogP contribution in [0.2, 0.25) is 0 Å². The van der Waals surface area contributed by atoms with E-state index in [1.165, 1.54) is 12.1 Å². The number of rotatable bonds is 5. The molecule has 0 radical (unpaired) electrons. The molecule has 4 rings (SSSR count). The maximum atomic E-state index is 13.3. The third kappa shape index (κ3) is 12.3. The van der Waals surface area contributed by atoms with Gasteiger partial charge >= 0.3 is 24.3 Å². The highest BCUT2D eigenvalue weighted by atomic mass is 19.4. The minimum atomic E-state index is -5.08. The lowest BCUT2D eigenvalue weighted by Crippen LogP contribution is -2.44. The normalized spacial score (nSPS) is 21.1. The van der Waals surface area contributed by atoms with E-state index >= 15 is 0 Å². The molecule has 41 heavy (non-hydrogen) atoms. The lowest BCUT2D eigenvalue weighted by atomic mass is 9.94. The average Bonchev–Trinajstić information content (AvgIpc) is 3.17. The summed E-state index contributed by atoms with van der Waals surface area (Å²) in [5, 5.41) is 17.6. The highest BCUT2D eigenvalue weighted by Crippen LogP contribution is 2.33. The zero-order chi connectivity index (χ0) is 30.7. The maximum absolute atomic E-state index is 13.3. The largest absolute Gasteiger partial charge is 0.490 e. The predicted molar refractivity (Wildman–Crippen MR) is 129 cm³/mol. The predicted octanol–water partition coefficient (Wildman–Crippen LogP) is 4.21. The van der Waals surface area contributed by atoms with E-state index < -0.39 is 24.3 Å². The van der Waals surface area contributed by atoms with Crippen molar-refractivity contribution in [2.75, 3.05) is 44.8 Å². The van der Waals surface area contributed by atoms with Crippen LogP contribution in [0.25, 0.3) is 0 Å². The third-order valence-corrected chi connectivity index (χ3v) is 5.73. The molecule has 2 fully saturated rings. The van der Waals surface area contributed by atoms with Gasteiger partial charge in [-0.15, -0.1) is 0 Å². The van der Waals surface area contributed by atoms with Crippen molar-refractivity contribution in [2.45, 2.75) is 30.9 Å². The fourth-order valence-corrected chi connectivity index (χ4v) is 3.98. The van der Waals surface area contributed by atoms with Gasteiger partial charge in [-0.25, -0.2) is 14.0 Å². The summed E-state index contributed by atoms with van der Waals surface area (Å²) < 4.78 is 88.9. The van der Waals surface area contributed by atoms with Gasteiger partial charge in [0.2, 0.25) is 0 Å². The molecule has 16 heteroatoms. The number of ether oxygens (including phenoxy) is 2. The number of nitrogens with zero attached hydrogens (tertiary/aromatic N) is 2. The van der Waals surface area contributed by atoms with E-state index in [1.807, 2.05) is 24.4 Å². The van der Waals surface area contributed by atoms with E-state index in [2.05, 4.69) is 21.3 Å². The van der Waals surface area contributed by atoms with E-state index in [0.717, 1.165) is 44.0 Å². The van der Waals surface area contributed by atoms with Gasteiger partial charge in [-0.3, -0.25) is 9.88 Å². The molecule has 0 saturated carbocycles. The number of benzene rings is 1. The van der Waals surface area contributed by atoms with Crippen molar-refractivity contribution in [2.24, 2.45) is 5.92 Å². The molecule has 2 unspecified atom stereocenters. The molecule has 0 bridgehead atoms. The van der Waals surface area contributed by atoms with Crippen LogP contribution in [-0.4, -0.2) is 89.4 Å². The second-order valence-corrected chi connectivity index (χ2v) is 9.15. The molecule has 1 aromatic heterocycles. The number of carbonyl (C=O) groups is 2. The Morgan fingerprint density at radius 1 is 1.05 bits per heavy atom. The number of alkyl halides is 6. The van der Waals surface area contributed by atoms with E-state index in [1.54, 1.807) is 6.07 Å². The highest BCUT2D eigenvalue weighted by Gasteiger charge is 2.43. The Bertz CT molecular complexity index is 1100. The Hall–Kier alpha value is -3.50. The van der Waals surface area contributed by atoms with Crippen molar-refractivity contribution in [3.8, 4) is 0 Å². The second-order valence-electron chi connectivity index (χ2n) is 9.15. The Labute approximate surface area is 229 Å². The Morgan fingerprint density at radius 3 is 2.27 bits per heavy atom. The SMILES string of the molecule is Fc1cccc(NCC2COC3(COCCN(Cc4ccccn4)C3)C2)c1.O=C(O)C(F)(F)F.O=C(O)C(F)(F)F. The summed E-state index contributed by atoms with van der Waals surface area (Å²) in [5.74, 6) is -5.35. The molecular formula is C25H28F7N3O6. The molecule has 1 aromatic carbocycles. The minimum Gasteiger partial charge on any atom is -0.475 e. The van der Waals surface area contributed by atoms with Crippen LogP contribution in [0.15, 0.2) is 48.7 Å². The van der Waals surface area contributed by atoms with E-state index in [4.69, 9.17) is 29.3 Å². The average molecular weight is 600 g/mol. The van der Waals surface area contributed by atoms with Crippen molar-refractivity contribution in [3.63, 3.8) is 0 Å². The summed E-state index contributed by atoms with van der Waals surface area (Å²) in [6.07, 6.45) is -7.40. The Morgan fingerprint density at radius 2 is 1.71 bits per heavy atom. The third-order valence-electron chi connectivity index (χ3n) is 5.73. The summed E-state index contributed by atoms with van der Waals surface area (Å²) in [4.78, 5) is 24.6.